The maximum Gasteiger partial charge on any atom is 0.472 e. The summed E-state index contributed by atoms with van der Waals surface area (Å²) in [7, 11) is -4.73. The molecule has 0 aromatic rings. The highest BCUT2D eigenvalue weighted by atomic mass is 31.2. The summed E-state index contributed by atoms with van der Waals surface area (Å²) in [6.45, 7) is 2.56. The van der Waals surface area contributed by atoms with Crippen LogP contribution in [0.25, 0.3) is 0 Å². The number of rotatable bonds is 43. The molecule has 0 bridgehead atoms. The van der Waals surface area contributed by atoms with Crippen LogP contribution < -0.4 is 5.73 Å². The van der Waals surface area contributed by atoms with Crippen LogP contribution in [0.2, 0.25) is 0 Å². The topological polar surface area (TPSA) is 172 Å². The highest BCUT2D eigenvalue weighted by molar-refractivity contribution is 7.47. The van der Waals surface area contributed by atoms with E-state index in [1.54, 1.807) is 0 Å². The van der Waals surface area contributed by atoms with Gasteiger partial charge in [0, 0.05) is 12.8 Å². The molecule has 0 amide bonds. The maximum absolute atomic E-state index is 12.7. The second-order valence-corrected chi connectivity index (χ2v) is 16.9. The van der Waals surface area contributed by atoms with Gasteiger partial charge in [-0.2, -0.15) is 0 Å². The zero-order valence-corrected chi connectivity index (χ0v) is 39.3. The summed E-state index contributed by atoms with van der Waals surface area (Å²) in [6, 6.07) is -1.53. The lowest BCUT2D eigenvalue weighted by Crippen LogP contribution is -2.34. The number of carbonyl (C=O) groups excluding carboxylic acids is 2. The Labute approximate surface area is 375 Å². The Morgan fingerprint density at radius 3 is 1.27 bits per heavy atom. The van der Waals surface area contributed by atoms with E-state index in [4.69, 9.17) is 24.8 Å². The Bertz CT molecular complexity index is 1370. The van der Waals surface area contributed by atoms with E-state index in [1.807, 2.05) is 0 Å². The van der Waals surface area contributed by atoms with Crippen molar-refractivity contribution in [2.24, 2.45) is 5.73 Å². The second-order valence-electron chi connectivity index (χ2n) is 15.5. The Hall–Kier alpha value is -3.34. The number of nitrogens with two attached hydrogens (primary N) is 1. The molecule has 0 radical (unpaired) electrons. The van der Waals surface area contributed by atoms with Crippen molar-refractivity contribution in [2.45, 2.75) is 193 Å². The first kappa shape index (κ1) is 58.7. The monoisotopic (exact) mass is 890 g/mol. The van der Waals surface area contributed by atoms with Gasteiger partial charge in [0.05, 0.1) is 13.2 Å². The van der Waals surface area contributed by atoms with Gasteiger partial charge in [-0.15, -0.1) is 0 Å². The predicted molar refractivity (Wildman–Crippen MR) is 254 cm³/mol. The molecular weight excluding hydrogens is 806 g/mol. The fourth-order valence-electron chi connectivity index (χ4n) is 6.01. The van der Waals surface area contributed by atoms with Gasteiger partial charge in [-0.1, -0.05) is 170 Å². The average Bonchev–Trinajstić information content (AvgIpc) is 3.25. The van der Waals surface area contributed by atoms with Gasteiger partial charge >= 0.3 is 25.7 Å². The number of allylic oxidation sites excluding steroid dienone is 14. The van der Waals surface area contributed by atoms with Gasteiger partial charge < -0.3 is 25.2 Å². The van der Waals surface area contributed by atoms with Crippen molar-refractivity contribution in [3.05, 3.63) is 85.1 Å². The normalized spacial score (nSPS) is 14.4. The molecule has 0 rings (SSSR count). The number of carboxylic acids is 1. The second kappa shape index (κ2) is 44.3. The predicted octanol–water partition coefficient (Wildman–Crippen LogP) is 13.1. The average molecular weight is 890 g/mol. The van der Waals surface area contributed by atoms with Crippen LogP contribution in [-0.2, 0) is 37.5 Å². The molecular formula is C50H84NO10P. The van der Waals surface area contributed by atoms with Crippen LogP contribution in [0, 0.1) is 0 Å². The highest BCUT2D eigenvalue weighted by Gasteiger charge is 2.28. The number of aliphatic carboxylic acids is 1. The fourth-order valence-corrected chi connectivity index (χ4v) is 6.79. The molecule has 11 nitrogen and oxygen atoms in total. The van der Waals surface area contributed by atoms with E-state index in [2.05, 4.69) is 103 Å². The van der Waals surface area contributed by atoms with Crippen LogP contribution in [0.5, 0.6) is 0 Å². The third-order valence-corrected chi connectivity index (χ3v) is 10.6. The van der Waals surface area contributed by atoms with E-state index in [0.29, 0.717) is 12.8 Å². The zero-order chi connectivity index (χ0) is 45.6. The minimum absolute atomic E-state index is 0.147. The molecule has 0 saturated carbocycles. The lowest BCUT2D eigenvalue weighted by Gasteiger charge is -2.20. The van der Waals surface area contributed by atoms with E-state index in [9.17, 15) is 23.8 Å². The standard InChI is InChI=1S/C50H84NO10P/c1-3-5-7-9-11-13-15-17-19-20-21-22-23-24-25-26-28-30-32-34-36-38-40-42-49(53)61-46(44-59-62(56,57)60-45-47(51)50(54)55)43-58-48(52)41-39-37-35-33-31-29-27-18-16-14-12-10-8-6-4-2/h5-8,11-14,17-19,21-22,27,46-47H,3-4,9-10,15-16,20,23-26,28-45,51H2,1-2H3,(H,54,55)(H,56,57)/b7-5-,8-6-,13-11-,14-12-,19-17-,22-21-,27-18-. The lowest BCUT2D eigenvalue weighted by molar-refractivity contribution is -0.161. The summed E-state index contributed by atoms with van der Waals surface area (Å²) < 4.78 is 32.8. The number of hydrogen-bond donors (Lipinski definition) is 3. The van der Waals surface area contributed by atoms with Crippen LogP contribution >= 0.6 is 7.82 Å². The number of ether oxygens (including phenoxy) is 2. The van der Waals surface area contributed by atoms with Crippen LogP contribution in [0.1, 0.15) is 181 Å². The number of carboxylic acid groups (broad SMARTS) is 1. The van der Waals surface area contributed by atoms with E-state index in [-0.39, 0.29) is 19.4 Å². The maximum atomic E-state index is 12.7. The molecule has 0 aromatic carbocycles. The number of esters is 2. The van der Waals surface area contributed by atoms with Crippen molar-refractivity contribution in [1.29, 1.82) is 0 Å². The Kier molecular flexibility index (Phi) is 41.9. The first-order valence-electron chi connectivity index (χ1n) is 23.6. The van der Waals surface area contributed by atoms with Gasteiger partial charge in [0.1, 0.15) is 12.6 Å². The van der Waals surface area contributed by atoms with Crippen molar-refractivity contribution < 1.29 is 47.5 Å². The molecule has 12 heteroatoms. The van der Waals surface area contributed by atoms with Gasteiger partial charge in [-0.25, -0.2) is 4.57 Å². The summed E-state index contributed by atoms with van der Waals surface area (Å²) in [6.07, 6.45) is 55.0. The van der Waals surface area contributed by atoms with Crippen LogP contribution in [0.3, 0.4) is 0 Å². The largest absolute Gasteiger partial charge is 0.480 e. The molecule has 0 fully saturated rings. The van der Waals surface area contributed by atoms with Crippen molar-refractivity contribution in [2.75, 3.05) is 19.8 Å². The first-order valence-corrected chi connectivity index (χ1v) is 25.1. The molecule has 0 aliphatic rings. The number of phosphoric ester groups is 1. The summed E-state index contributed by atoms with van der Waals surface area (Å²) >= 11 is 0. The number of hydrogen-bond acceptors (Lipinski definition) is 9. The molecule has 0 saturated heterocycles. The van der Waals surface area contributed by atoms with Crippen molar-refractivity contribution in [1.82, 2.24) is 0 Å². The third-order valence-electron chi connectivity index (χ3n) is 9.64. The summed E-state index contributed by atoms with van der Waals surface area (Å²) in [5.74, 6) is -2.41. The van der Waals surface area contributed by atoms with E-state index in [0.717, 1.165) is 103 Å². The number of carbonyl (C=O) groups is 3. The van der Waals surface area contributed by atoms with Gasteiger partial charge in [-0.3, -0.25) is 23.4 Å². The van der Waals surface area contributed by atoms with E-state index < -0.39 is 51.1 Å². The van der Waals surface area contributed by atoms with Gasteiger partial charge in [0.2, 0.25) is 0 Å². The molecule has 0 aliphatic heterocycles. The Morgan fingerprint density at radius 2 is 0.855 bits per heavy atom. The summed E-state index contributed by atoms with van der Waals surface area (Å²) in [4.78, 5) is 46.1. The van der Waals surface area contributed by atoms with Gasteiger partial charge in [0.25, 0.3) is 0 Å². The van der Waals surface area contributed by atoms with E-state index >= 15 is 0 Å². The fraction of sp³-hybridized carbons (Fsp3) is 0.660. The van der Waals surface area contributed by atoms with Crippen molar-refractivity contribution in [3.8, 4) is 0 Å². The summed E-state index contributed by atoms with van der Waals surface area (Å²) in [5, 5.41) is 8.91. The van der Waals surface area contributed by atoms with Crippen LogP contribution in [0.15, 0.2) is 85.1 Å². The zero-order valence-electron chi connectivity index (χ0n) is 38.4. The molecule has 0 heterocycles. The van der Waals surface area contributed by atoms with Crippen molar-refractivity contribution >= 4 is 25.7 Å². The highest BCUT2D eigenvalue weighted by Crippen LogP contribution is 2.43. The molecule has 62 heavy (non-hydrogen) atoms. The minimum Gasteiger partial charge on any atom is -0.480 e. The molecule has 4 N–H and O–H groups in total. The Morgan fingerprint density at radius 1 is 0.500 bits per heavy atom. The molecule has 0 spiro atoms. The first-order chi connectivity index (χ1) is 30.1. The lowest BCUT2D eigenvalue weighted by atomic mass is 10.0. The molecule has 3 atom stereocenters. The molecule has 0 aromatic heterocycles. The number of unbranched alkanes of at least 4 members (excludes halogenated alkanes) is 15. The minimum atomic E-state index is -4.73. The SMILES string of the molecule is CC/C=C\C/C=C\C/C=C\C/C=C\CCCCCCCCCCCCC(=O)OC(COC(=O)CCCCCCC/C=C\C/C=C\C/C=C\CC)COP(=O)(O)OCC(N)C(=O)O. The molecule has 354 valence electrons. The number of phosphoric acid groups is 1. The quantitative estimate of drug-likeness (QED) is 0.0230. The van der Waals surface area contributed by atoms with Crippen LogP contribution in [0.4, 0.5) is 0 Å². The van der Waals surface area contributed by atoms with Crippen LogP contribution in [-0.4, -0.2) is 59.9 Å². The molecule has 3 unspecified atom stereocenters. The third kappa shape index (κ3) is 43.3. The van der Waals surface area contributed by atoms with Gasteiger partial charge in [0.15, 0.2) is 6.10 Å². The van der Waals surface area contributed by atoms with Gasteiger partial charge in [-0.05, 0) is 83.5 Å². The van der Waals surface area contributed by atoms with E-state index in [1.165, 1.54) is 38.5 Å². The molecule has 0 aliphatic carbocycles. The van der Waals surface area contributed by atoms with Crippen molar-refractivity contribution in [3.63, 3.8) is 0 Å². The summed E-state index contributed by atoms with van der Waals surface area (Å²) in [5.41, 5.74) is 5.34. The smallest absolute Gasteiger partial charge is 0.472 e. The Balaban J connectivity index is 4.31.